The van der Waals surface area contributed by atoms with Gasteiger partial charge in [-0.3, -0.25) is 9.78 Å². The topological polar surface area (TPSA) is 42.4 Å². The summed E-state index contributed by atoms with van der Waals surface area (Å²) in [5.74, 6) is -0.0153. The Morgan fingerprint density at radius 1 is 1.33 bits per heavy atom. The lowest BCUT2D eigenvalue weighted by atomic mass is 10.1. The summed E-state index contributed by atoms with van der Waals surface area (Å²) in [5, 5.41) is 0.673. The summed E-state index contributed by atoms with van der Waals surface area (Å²) in [6, 6.07) is 11.1. The van der Waals surface area contributed by atoms with E-state index < -0.39 is 0 Å². The maximum atomic E-state index is 12.4. The van der Waals surface area contributed by atoms with Crippen molar-refractivity contribution in [2.45, 2.75) is 6.10 Å². The molecule has 21 heavy (non-hydrogen) atoms. The lowest BCUT2D eigenvalue weighted by Gasteiger charge is -2.33. The minimum atomic E-state index is -0.141. The first-order valence-electron chi connectivity index (χ1n) is 6.80. The van der Waals surface area contributed by atoms with Crippen LogP contribution in [-0.2, 0) is 4.74 Å². The SMILES string of the molecule is O=C(c1cccnc1)N1CCOC(c2cccc(Cl)c2)C1. The van der Waals surface area contributed by atoms with Gasteiger partial charge in [-0.15, -0.1) is 0 Å². The molecule has 1 atom stereocenters. The number of hydrogen-bond acceptors (Lipinski definition) is 3. The number of halogens is 1. The lowest BCUT2D eigenvalue weighted by molar-refractivity contribution is -0.0228. The van der Waals surface area contributed by atoms with Gasteiger partial charge in [0.1, 0.15) is 6.10 Å². The largest absolute Gasteiger partial charge is 0.370 e. The quantitative estimate of drug-likeness (QED) is 0.856. The molecule has 1 aromatic carbocycles. The molecule has 0 aliphatic carbocycles. The summed E-state index contributed by atoms with van der Waals surface area (Å²) in [4.78, 5) is 18.2. The first kappa shape index (κ1) is 14.0. The Balaban J connectivity index is 1.75. The van der Waals surface area contributed by atoms with Crippen LogP contribution in [0.5, 0.6) is 0 Å². The molecule has 4 nitrogen and oxygen atoms in total. The van der Waals surface area contributed by atoms with Crippen molar-refractivity contribution in [3.8, 4) is 0 Å². The van der Waals surface area contributed by atoms with Crippen molar-refractivity contribution in [1.82, 2.24) is 9.88 Å². The number of benzene rings is 1. The van der Waals surface area contributed by atoms with E-state index in [0.717, 1.165) is 5.56 Å². The molecule has 3 rings (SSSR count). The van der Waals surface area contributed by atoms with Crippen LogP contribution in [0.1, 0.15) is 22.0 Å². The van der Waals surface area contributed by atoms with Crippen molar-refractivity contribution in [2.24, 2.45) is 0 Å². The third kappa shape index (κ3) is 3.23. The summed E-state index contributed by atoms with van der Waals surface area (Å²) in [7, 11) is 0. The van der Waals surface area contributed by atoms with Crippen molar-refractivity contribution >= 4 is 17.5 Å². The van der Waals surface area contributed by atoms with E-state index in [1.165, 1.54) is 0 Å². The molecule has 108 valence electrons. The van der Waals surface area contributed by atoms with E-state index in [2.05, 4.69) is 4.98 Å². The summed E-state index contributed by atoms with van der Waals surface area (Å²) in [5.41, 5.74) is 1.59. The highest BCUT2D eigenvalue weighted by Crippen LogP contribution is 2.25. The summed E-state index contributed by atoms with van der Waals surface area (Å²) in [6.45, 7) is 1.63. The van der Waals surface area contributed by atoms with Crippen LogP contribution in [0.25, 0.3) is 0 Å². The fraction of sp³-hybridized carbons (Fsp3) is 0.250. The van der Waals surface area contributed by atoms with Gasteiger partial charge in [-0.05, 0) is 29.8 Å². The highest BCUT2D eigenvalue weighted by molar-refractivity contribution is 6.30. The van der Waals surface area contributed by atoms with Crippen LogP contribution in [0.15, 0.2) is 48.8 Å². The van der Waals surface area contributed by atoms with Gasteiger partial charge in [-0.25, -0.2) is 0 Å². The van der Waals surface area contributed by atoms with E-state index in [-0.39, 0.29) is 12.0 Å². The van der Waals surface area contributed by atoms with Crippen LogP contribution >= 0.6 is 11.6 Å². The summed E-state index contributed by atoms with van der Waals surface area (Å²) >= 11 is 6.01. The van der Waals surface area contributed by atoms with Crippen LogP contribution in [0.4, 0.5) is 0 Å². The minimum Gasteiger partial charge on any atom is -0.370 e. The molecule has 1 aromatic heterocycles. The molecule has 1 aliphatic rings. The molecule has 2 aromatic rings. The average Bonchev–Trinajstić information content (AvgIpc) is 2.55. The molecule has 1 unspecified atom stereocenters. The highest BCUT2D eigenvalue weighted by Gasteiger charge is 2.26. The zero-order valence-electron chi connectivity index (χ0n) is 11.4. The number of rotatable bonds is 2. The minimum absolute atomic E-state index is 0.0153. The molecular formula is C16H15ClN2O2. The van der Waals surface area contributed by atoms with Gasteiger partial charge >= 0.3 is 0 Å². The van der Waals surface area contributed by atoms with Crippen molar-refractivity contribution in [3.63, 3.8) is 0 Å². The Kier molecular flexibility index (Phi) is 4.18. The Labute approximate surface area is 128 Å². The van der Waals surface area contributed by atoms with Gasteiger partial charge in [0.15, 0.2) is 0 Å². The maximum Gasteiger partial charge on any atom is 0.255 e. The second-order valence-corrected chi connectivity index (χ2v) is 5.34. The normalized spacial score (nSPS) is 18.5. The fourth-order valence-electron chi connectivity index (χ4n) is 2.41. The summed E-state index contributed by atoms with van der Waals surface area (Å²) in [6.07, 6.45) is 3.11. The Hall–Kier alpha value is -1.91. The first-order chi connectivity index (χ1) is 10.2. The number of morpholine rings is 1. The predicted molar refractivity (Wildman–Crippen MR) is 80.3 cm³/mol. The molecule has 2 heterocycles. The molecule has 0 radical (unpaired) electrons. The van der Waals surface area contributed by atoms with Gasteiger partial charge in [-0.2, -0.15) is 0 Å². The average molecular weight is 303 g/mol. The third-order valence-corrected chi connectivity index (χ3v) is 3.72. The molecule has 0 N–H and O–H groups in total. The van der Waals surface area contributed by atoms with Crippen molar-refractivity contribution in [1.29, 1.82) is 0 Å². The Morgan fingerprint density at radius 3 is 3.00 bits per heavy atom. The molecule has 1 aliphatic heterocycles. The zero-order chi connectivity index (χ0) is 14.7. The lowest BCUT2D eigenvalue weighted by Crippen LogP contribution is -2.42. The molecular weight excluding hydrogens is 288 g/mol. The second kappa shape index (κ2) is 6.24. The number of hydrogen-bond donors (Lipinski definition) is 0. The van der Waals surface area contributed by atoms with E-state index in [4.69, 9.17) is 16.3 Å². The van der Waals surface area contributed by atoms with Gasteiger partial charge in [0.25, 0.3) is 5.91 Å². The number of aromatic nitrogens is 1. The van der Waals surface area contributed by atoms with E-state index in [9.17, 15) is 4.79 Å². The smallest absolute Gasteiger partial charge is 0.255 e. The Morgan fingerprint density at radius 2 is 2.24 bits per heavy atom. The maximum absolute atomic E-state index is 12.4. The molecule has 0 spiro atoms. The van der Waals surface area contributed by atoms with Crippen molar-refractivity contribution in [2.75, 3.05) is 19.7 Å². The number of ether oxygens (including phenoxy) is 1. The van der Waals surface area contributed by atoms with E-state index in [1.807, 2.05) is 24.3 Å². The van der Waals surface area contributed by atoms with Crippen LogP contribution in [0.2, 0.25) is 5.02 Å². The number of carbonyl (C=O) groups is 1. The van der Waals surface area contributed by atoms with Crippen LogP contribution in [0.3, 0.4) is 0 Å². The van der Waals surface area contributed by atoms with E-state index >= 15 is 0 Å². The molecule has 5 heteroatoms. The molecule has 1 fully saturated rings. The van der Waals surface area contributed by atoms with Gasteiger partial charge in [-0.1, -0.05) is 23.7 Å². The molecule has 1 amide bonds. The van der Waals surface area contributed by atoms with E-state index in [1.54, 1.807) is 29.4 Å². The van der Waals surface area contributed by atoms with Gasteiger partial charge in [0, 0.05) is 24.0 Å². The first-order valence-corrected chi connectivity index (χ1v) is 7.18. The van der Waals surface area contributed by atoms with Crippen LogP contribution in [0, 0.1) is 0 Å². The number of nitrogens with zero attached hydrogens (tertiary/aromatic N) is 2. The standard InChI is InChI=1S/C16H15ClN2O2/c17-14-5-1-3-12(9-14)15-11-19(7-8-21-15)16(20)13-4-2-6-18-10-13/h1-6,9-10,15H,7-8,11H2. The van der Waals surface area contributed by atoms with Crippen molar-refractivity contribution in [3.05, 3.63) is 64.9 Å². The van der Waals surface area contributed by atoms with Crippen molar-refractivity contribution < 1.29 is 9.53 Å². The zero-order valence-corrected chi connectivity index (χ0v) is 12.2. The number of pyridine rings is 1. The fourth-order valence-corrected chi connectivity index (χ4v) is 2.61. The van der Waals surface area contributed by atoms with E-state index in [0.29, 0.717) is 30.3 Å². The number of amides is 1. The Bertz CT molecular complexity index is 633. The molecule has 0 saturated carbocycles. The number of carbonyl (C=O) groups excluding carboxylic acids is 1. The van der Waals surface area contributed by atoms with Gasteiger partial charge in [0.2, 0.25) is 0 Å². The summed E-state index contributed by atoms with van der Waals surface area (Å²) < 4.78 is 5.77. The monoisotopic (exact) mass is 302 g/mol. The van der Waals surface area contributed by atoms with Gasteiger partial charge < -0.3 is 9.64 Å². The second-order valence-electron chi connectivity index (χ2n) is 4.91. The van der Waals surface area contributed by atoms with Crippen LogP contribution < -0.4 is 0 Å². The van der Waals surface area contributed by atoms with Gasteiger partial charge in [0.05, 0.1) is 18.7 Å². The molecule has 0 bridgehead atoms. The van der Waals surface area contributed by atoms with Crippen LogP contribution in [-0.4, -0.2) is 35.5 Å². The third-order valence-electron chi connectivity index (χ3n) is 3.48. The highest BCUT2D eigenvalue weighted by atomic mass is 35.5. The molecule has 1 saturated heterocycles. The predicted octanol–water partition coefficient (Wildman–Crippen LogP) is 2.95.